The Morgan fingerprint density at radius 1 is 1.48 bits per heavy atom. The number of fused-ring (bicyclic) bond motifs is 1. The van der Waals surface area contributed by atoms with Crippen molar-refractivity contribution < 1.29 is 0 Å². The third-order valence-corrected chi connectivity index (χ3v) is 5.07. The number of imidazole rings is 1. The smallest absolute Gasteiger partial charge is 0.137 e. The highest BCUT2D eigenvalue weighted by Crippen LogP contribution is 2.36. The van der Waals surface area contributed by atoms with Crippen molar-refractivity contribution in [1.29, 1.82) is 0 Å². The van der Waals surface area contributed by atoms with E-state index < -0.39 is 0 Å². The van der Waals surface area contributed by atoms with E-state index in [9.17, 15) is 0 Å². The van der Waals surface area contributed by atoms with Crippen molar-refractivity contribution in [3.63, 3.8) is 0 Å². The minimum atomic E-state index is 0.146. The third-order valence-electron chi connectivity index (χ3n) is 5.07. The van der Waals surface area contributed by atoms with Crippen molar-refractivity contribution in [2.45, 2.75) is 44.7 Å². The Balaban J connectivity index is 1.79. The summed E-state index contributed by atoms with van der Waals surface area (Å²) in [6, 6.07) is 6.11. The van der Waals surface area contributed by atoms with Crippen LogP contribution in [0.5, 0.6) is 0 Å². The van der Waals surface area contributed by atoms with Crippen molar-refractivity contribution in [3.05, 3.63) is 36.3 Å². The third kappa shape index (κ3) is 2.83. The quantitative estimate of drug-likeness (QED) is 0.940. The Kier molecular flexibility index (Phi) is 4.00. The van der Waals surface area contributed by atoms with Crippen molar-refractivity contribution in [1.82, 2.24) is 14.3 Å². The molecule has 0 bridgehead atoms. The van der Waals surface area contributed by atoms with E-state index in [1.165, 1.54) is 25.7 Å². The van der Waals surface area contributed by atoms with Gasteiger partial charge in [0.2, 0.25) is 0 Å². The van der Waals surface area contributed by atoms with Crippen LogP contribution in [0.1, 0.15) is 38.3 Å². The van der Waals surface area contributed by atoms with Gasteiger partial charge in [-0.3, -0.25) is 4.90 Å². The molecular weight excluding hydrogens is 260 g/mol. The number of aromatic nitrogens is 2. The average molecular weight is 286 g/mol. The van der Waals surface area contributed by atoms with Gasteiger partial charge in [-0.15, -0.1) is 0 Å². The van der Waals surface area contributed by atoms with E-state index in [2.05, 4.69) is 29.5 Å². The highest BCUT2D eigenvalue weighted by Gasteiger charge is 2.37. The van der Waals surface area contributed by atoms with E-state index in [1.807, 2.05) is 24.4 Å². The average Bonchev–Trinajstić information content (AvgIpc) is 2.89. The fourth-order valence-electron chi connectivity index (χ4n) is 3.79. The molecule has 3 rings (SSSR count). The molecule has 21 heavy (non-hydrogen) atoms. The molecule has 0 amide bonds. The van der Waals surface area contributed by atoms with Crippen LogP contribution in [-0.2, 0) is 6.54 Å². The molecule has 1 fully saturated rings. The number of pyridine rings is 1. The van der Waals surface area contributed by atoms with E-state index in [0.29, 0.717) is 0 Å². The summed E-state index contributed by atoms with van der Waals surface area (Å²) in [5.74, 6) is 0.769. The minimum absolute atomic E-state index is 0.146. The van der Waals surface area contributed by atoms with Gasteiger partial charge in [-0.25, -0.2) is 4.98 Å². The molecule has 0 aliphatic heterocycles. The molecule has 1 aliphatic rings. The normalized spacial score (nSPS) is 26.6. The number of nitrogens with two attached hydrogens (primary N) is 1. The van der Waals surface area contributed by atoms with Crippen molar-refractivity contribution in [3.8, 4) is 0 Å². The summed E-state index contributed by atoms with van der Waals surface area (Å²) in [7, 11) is 2.20. The lowest BCUT2D eigenvalue weighted by Crippen LogP contribution is -2.54. The molecule has 0 spiro atoms. The summed E-state index contributed by atoms with van der Waals surface area (Å²) in [5, 5.41) is 0. The Hall–Kier alpha value is -1.39. The summed E-state index contributed by atoms with van der Waals surface area (Å²) in [6.45, 7) is 3.95. The number of nitrogens with zero attached hydrogens (tertiary/aromatic N) is 3. The predicted molar refractivity (Wildman–Crippen MR) is 86.1 cm³/mol. The molecule has 2 heterocycles. The van der Waals surface area contributed by atoms with E-state index in [-0.39, 0.29) is 5.54 Å². The zero-order chi connectivity index (χ0) is 14.9. The minimum Gasteiger partial charge on any atom is -0.329 e. The fraction of sp³-hybridized carbons (Fsp3) is 0.588. The van der Waals surface area contributed by atoms with Crippen LogP contribution in [-0.4, -0.2) is 33.4 Å². The Labute approximate surface area is 127 Å². The molecule has 1 saturated carbocycles. The van der Waals surface area contributed by atoms with Crippen LogP contribution < -0.4 is 5.73 Å². The van der Waals surface area contributed by atoms with Gasteiger partial charge in [0.1, 0.15) is 5.65 Å². The number of hydrogen-bond donors (Lipinski definition) is 1. The maximum atomic E-state index is 6.16. The van der Waals surface area contributed by atoms with Gasteiger partial charge in [0.25, 0.3) is 0 Å². The predicted octanol–water partition coefficient (Wildman–Crippen LogP) is 2.67. The summed E-state index contributed by atoms with van der Waals surface area (Å²) in [4.78, 5) is 7.15. The van der Waals surface area contributed by atoms with Crippen LogP contribution in [0.25, 0.3) is 5.65 Å². The molecule has 0 aromatic carbocycles. The van der Waals surface area contributed by atoms with Gasteiger partial charge in [-0.05, 0) is 37.9 Å². The molecule has 1 aliphatic carbocycles. The summed E-state index contributed by atoms with van der Waals surface area (Å²) >= 11 is 0. The molecule has 2 atom stereocenters. The molecule has 2 aromatic rings. The van der Waals surface area contributed by atoms with Crippen LogP contribution in [0.2, 0.25) is 0 Å². The van der Waals surface area contributed by atoms with Gasteiger partial charge >= 0.3 is 0 Å². The first-order chi connectivity index (χ1) is 10.1. The lowest BCUT2D eigenvalue weighted by atomic mass is 9.75. The lowest BCUT2D eigenvalue weighted by Gasteiger charge is -2.46. The standard InChI is InChI=1S/C17H26N4/c1-14-6-5-8-17(10-14,13-18)20(2)11-15-12-21-9-4-3-7-16(21)19-15/h3-4,7,9,12,14H,5-6,8,10-11,13,18H2,1-2H3. The van der Waals surface area contributed by atoms with Crippen LogP contribution in [0, 0.1) is 5.92 Å². The highest BCUT2D eigenvalue weighted by molar-refractivity contribution is 5.39. The lowest BCUT2D eigenvalue weighted by molar-refractivity contribution is 0.0546. The molecule has 0 radical (unpaired) electrons. The highest BCUT2D eigenvalue weighted by atomic mass is 15.2. The van der Waals surface area contributed by atoms with Gasteiger partial charge in [-0.1, -0.05) is 25.8 Å². The molecule has 2 unspecified atom stereocenters. The second kappa shape index (κ2) is 5.78. The number of rotatable bonds is 4. The van der Waals surface area contributed by atoms with E-state index >= 15 is 0 Å². The first-order valence-electron chi connectivity index (χ1n) is 7.97. The van der Waals surface area contributed by atoms with Crippen LogP contribution in [0.4, 0.5) is 0 Å². The first kappa shape index (κ1) is 14.5. The maximum absolute atomic E-state index is 6.16. The van der Waals surface area contributed by atoms with Gasteiger partial charge in [0.15, 0.2) is 0 Å². The van der Waals surface area contributed by atoms with Gasteiger partial charge in [0, 0.05) is 31.0 Å². The summed E-state index contributed by atoms with van der Waals surface area (Å²) in [6.07, 6.45) is 9.21. The molecule has 2 N–H and O–H groups in total. The number of likely N-dealkylation sites (N-methyl/N-ethyl adjacent to an activating group) is 1. The summed E-state index contributed by atoms with van der Waals surface area (Å²) < 4.78 is 2.09. The molecule has 114 valence electrons. The Morgan fingerprint density at radius 2 is 2.33 bits per heavy atom. The molecule has 0 saturated heterocycles. The van der Waals surface area contributed by atoms with Crippen molar-refractivity contribution >= 4 is 5.65 Å². The van der Waals surface area contributed by atoms with Crippen molar-refractivity contribution in [2.75, 3.05) is 13.6 Å². The maximum Gasteiger partial charge on any atom is 0.137 e. The van der Waals surface area contributed by atoms with E-state index in [1.54, 1.807) is 0 Å². The van der Waals surface area contributed by atoms with Gasteiger partial charge in [-0.2, -0.15) is 0 Å². The topological polar surface area (TPSA) is 46.6 Å². The molecule has 4 heteroatoms. The van der Waals surface area contributed by atoms with E-state index in [0.717, 1.165) is 30.3 Å². The fourth-order valence-corrected chi connectivity index (χ4v) is 3.79. The largest absolute Gasteiger partial charge is 0.329 e. The van der Waals surface area contributed by atoms with Gasteiger partial charge < -0.3 is 10.1 Å². The van der Waals surface area contributed by atoms with E-state index in [4.69, 9.17) is 10.7 Å². The van der Waals surface area contributed by atoms with Crippen LogP contribution in [0.15, 0.2) is 30.6 Å². The Morgan fingerprint density at radius 3 is 3.05 bits per heavy atom. The second-order valence-electron chi connectivity index (χ2n) is 6.68. The zero-order valence-corrected chi connectivity index (χ0v) is 13.1. The van der Waals surface area contributed by atoms with Crippen molar-refractivity contribution in [2.24, 2.45) is 11.7 Å². The van der Waals surface area contributed by atoms with Crippen LogP contribution in [0.3, 0.4) is 0 Å². The first-order valence-corrected chi connectivity index (χ1v) is 7.97. The molecular formula is C17H26N4. The van der Waals surface area contributed by atoms with Gasteiger partial charge in [0.05, 0.1) is 5.69 Å². The molecule has 4 nitrogen and oxygen atoms in total. The summed E-state index contributed by atoms with van der Waals surface area (Å²) in [5.41, 5.74) is 8.44. The zero-order valence-electron chi connectivity index (χ0n) is 13.1. The monoisotopic (exact) mass is 286 g/mol. The molecule has 2 aromatic heterocycles. The van der Waals surface area contributed by atoms with Crippen LogP contribution >= 0.6 is 0 Å². The number of hydrogen-bond acceptors (Lipinski definition) is 3. The second-order valence-corrected chi connectivity index (χ2v) is 6.68. The SMILES string of the molecule is CC1CCCC(CN)(N(C)Cc2cn3ccccc3n2)C1. The Bertz CT molecular complexity index is 573.